The zero-order chi connectivity index (χ0) is 26.7. The Morgan fingerprint density at radius 3 is 2.34 bits per heavy atom. The molecule has 38 heavy (non-hydrogen) atoms. The summed E-state index contributed by atoms with van der Waals surface area (Å²) in [5, 5.41) is 15.4. The molecule has 0 fully saturated rings. The van der Waals surface area contributed by atoms with Crippen molar-refractivity contribution in [1.29, 1.82) is 0 Å². The third kappa shape index (κ3) is 8.24. The molecule has 0 saturated carbocycles. The first-order valence-electron chi connectivity index (χ1n) is 11.9. The van der Waals surface area contributed by atoms with E-state index in [-0.39, 0.29) is 18.2 Å². The number of ether oxygens (including phenoxy) is 2. The van der Waals surface area contributed by atoms with Crippen molar-refractivity contribution in [3.8, 4) is 11.5 Å². The lowest BCUT2D eigenvalue weighted by atomic mass is 10.1. The summed E-state index contributed by atoms with van der Waals surface area (Å²) in [6, 6.07) is 22.4. The third-order valence-electron chi connectivity index (χ3n) is 5.18. The van der Waals surface area contributed by atoms with Gasteiger partial charge in [-0.2, -0.15) is 5.10 Å². The number of hydrazone groups is 1. The summed E-state index contributed by atoms with van der Waals surface area (Å²) >= 11 is 1.13. The Bertz CT molecular complexity index is 1420. The topological polar surface area (TPSA) is 115 Å². The van der Waals surface area contributed by atoms with Crippen molar-refractivity contribution in [2.75, 3.05) is 18.5 Å². The van der Waals surface area contributed by atoms with Crippen LogP contribution in [0.2, 0.25) is 0 Å². The fraction of sp³-hybridized carbons (Fsp3) is 0.179. The highest BCUT2D eigenvalue weighted by Crippen LogP contribution is 2.17. The molecule has 10 heteroatoms. The molecule has 0 aliphatic heterocycles. The maximum Gasteiger partial charge on any atom is 0.257 e. The minimum atomic E-state index is -0.352. The Balaban J connectivity index is 1.20. The van der Waals surface area contributed by atoms with E-state index in [0.717, 1.165) is 33.8 Å². The molecule has 194 valence electrons. The maximum atomic E-state index is 12.3. The van der Waals surface area contributed by atoms with Gasteiger partial charge in [-0.3, -0.25) is 14.9 Å². The van der Waals surface area contributed by atoms with E-state index in [2.05, 4.69) is 26.0 Å². The van der Waals surface area contributed by atoms with Crippen molar-refractivity contribution in [3.05, 3.63) is 100 Å². The van der Waals surface area contributed by atoms with E-state index in [0.29, 0.717) is 34.7 Å². The average molecular weight is 530 g/mol. The smallest absolute Gasteiger partial charge is 0.257 e. The number of carbonyl (C=O) groups is 2. The molecule has 1 heterocycles. The Labute approximate surface area is 224 Å². The molecule has 3 aromatic carbocycles. The second-order valence-corrected chi connectivity index (χ2v) is 9.44. The van der Waals surface area contributed by atoms with E-state index < -0.39 is 0 Å². The summed E-state index contributed by atoms with van der Waals surface area (Å²) in [5.74, 6) is 0.838. The van der Waals surface area contributed by atoms with Crippen molar-refractivity contribution in [2.24, 2.45) is 5.10 Å². The maximum absolute atomic E-state index is 12.3. The van der Waals surface area contributed by atoms with Gasteiger partial charge in [-0.25, -0.2) is 5.43 Å². The number of carbonyl (C=O) groups excluding carboxylic acids is 2. The van der Waals surface area contributed by atoms with Gasteiger partial charge in [-0.15, -0.1) is 10.2 Å². The molecule has 0 saturated heterocycles. The number of aromatic nitrogens is 2. The van der Waals surface area contributed by atoms with Gasteiger partial charge in [-0.05, 0) is 61.4 Å². The Morgan fingerprint density at radius 2 is 1.61 bits per heavy atom. The van der Waals surface area contributed by atoms with Crippen LogP contribution in [0.1, 0.15) is 32.1 Å². The summed E-state index contributed by atoms with van der Waals surface area (Å²) in [6.07, 6.45) is 1.51. The molecular formula is C28H27N5O4S. The molecule has 0 aliphatic carbocycles. The molecule has 2 N–H and O–H groups in total. The van der Waals surface area contributed by atoms with Crippen LogP contribution in [0.15, 0.2) is 77.9 Å². The number of hydrogen-bond acceptors (Lipinski definition) is 8. The molecule has 0 unspecified atom stereocenters. The first-order chi connectivity index (χ1) is 18.4. The number of aryl methyl sites for hydroxylation is 2. The third-order valence-corrected chi connectivity index (χ3v) is 6.02. The predicted octanol–water partition coefficient (Wildman–Crippen LogP) is 4.56. The van der Waals surface area contributed by atoms with Gasteiger partial charge in [0, 0.05) is 5.56 Å². The molecule has 4 aromatic rings. The van der Waals surface area contributed by atoms with Crippen LogP contribution in [0.5, 0.6) is 11.5 Å². The Hall–Kier alpha value is -4.57. The lowest BCUT2D eigenvalue weighted by Gasteiger charge is -2.09. The Morgan fingerprint density at radius 1 is 0.895 bits per heavy atom. The minimum absolute atomic E-state index is 0.0144. The van der Waals surface area contributed by atoms with Crippen LogP contribution < -0.4 is 20.2 Å². The van der Waals surface area contributed by atoms with Crippen LogP contribution >= 0.6 is 11.3 Å². The molecule has 4 rings (SSSR count). The zero-order valence-electron chi connectivity index (χ0n) is 21.0. The van der Waals surface area contributed by atoms with Crippen LogP contribution in [0, 0.1) is 13.8 Å². The van der Waals surface area contributed by atoms with E-state index in [1.165, 1.54) is 6.21 Å². The minimum Gasteiger partial charge on any atom is -0.490 e. The second-order valence-electron chi connectivity index (χ2n) is 8.38. The highest BCUT2D eigenvalue weighted by molar-refractivity contribution is 7.15. The van der Waals surface area contributed by atoms with Gasteiger partial charge in [0.2, 0.25) is 11.0 Å². The molecular weight excluding hydrogens is 502 g/mol. The van der Waals surface area contributed by atoms with Gasteiger partial charge >= 0.3 is 0 Å². The van der Waals surface area contributed by atoms with Gasteiger partial charge in [0.15, 0.2) is 0 Å². The molecule has 9 nitrogen and oxygen atoms in total. The summed E-state index contributed by atoms with van der Waals surface area (Å²) in [5.41, 5.74) is 5.96. The van der Waals surface area contributed by atoms with Crippen molar-refractivity contribution in [1.82, 2.24) is 15.6 Å². The van der Waals surface area contributed by atoms with E-state index in [1.54, 1.807) is 12.1 Å². The molecule has 0 radical (unpaired) electrons. The summed E-state index contributed by atoms with van der Waals surface area (Å²) < 4.78 is 11.4. The molecule has 0 bridgehead atoms. The average Bonchev–Trinajstić information content (AvgIpc) is 3.33. The largest absolute Gasteiger partial charge is 0.490 e. The van der Waals surface area contributed by atoms with Crippen molar-refractivity contribution in [3.63, 3.8) is 0 Å². The summed E-state index contributed by atoms with van der Waals surface area (Å²) in [4.78, 5) is 24.6. The normalized spacial score (nSPS) is 10.8. The summed E-state index contributed by atoms with van der Waals surface area (Å²) in [6.45, 7) is 4.77. The van der Waals surface area contributed by atoms with E-state index in [4.69, 9.17) is 9.47 Å². The second kappa shape index (κ2) is 13.1. The number of anilines is 1. The van der Waals surface area contributed by atoms with Crippen LogP contribution in [0.25, 0.3) is 0 Å². The van der Waals surface area contributed by atoms with Gasteiger partial charge in [-0.1, -0.05) is 53.3 Å². The van der Waals surface area contributed by atoms with Gasteiger partial charge in [0.05, 0.1) is 12.6 Å². The van der Waals surface area contributed by atoms with Crippen LogP contribution in [-0.2, 0) is 11.2 Å². The number of benzene rings is 3. The molecule has 2 amide bonds. The van der Waals surface area contributed by atoms with Gasteiger partial charge in [0.25, 0.3) is 5.91 Å². The lowest BCUT2D eigenvalue weighted by molar-refractivity contribution is -0.120. The van der Waals surface area contributed by atoms with Crippen molar-refractivity contribution < 1.29 is 19.1 Å². The molecule has 0 atom stereocenters. The molecule has 0 aliphatic rings. The standard InChI is InChI=1S/C28H27N5O4S/c1-19-9-11-22(12-10-19)27(35)30-28-33-32-26(38-28)17-25(34)31-29-18-21-6-4-8-24(16-21)37-14-13-36-23-7-3-5-20(2)15-23/h3-12,15-16,18H,13-14,17H2,1-2H3,(H,31,34)(H,30,33,35)/b29-18-. The fourth-order valence-electron chi connectivity index (χ4n) is 3.31. The number of rotatable bonds is 11. The van der Waals surface area contributed by atoms with Crippen LogP contribution in [0.4, 0.5) is 5.13 Å². The zero-order valence-corrected chi connectivity index (χ0v) is 21.8. The molecule has 0 spiro atoms. The monoisotopic (exact) mass is 529 g/mol. The Kier molecular flexibility index (Phi) is 9.14. The highest BCUT2D eigenvalue weighted by atomic mass is 32.1. The first-order valence-corrected chi connectivity index (χ1v) is 12.7. The van der Waals surface area contributed by atoms with Crippen molar-refractivity contribution >= 4 is 34.5 Å². The fourth-order valence-corrected chi connectivity index (χ4v) is 4.05. The van der Waals surface area contributed by atoms with Crippen molar-refractivity contribution in [2.45, 2.75) is 20.3 Å². The number of hydrogen-bond donors (Lipinski definition) is 2. The van der Waals surface area contributed by atoms with E-state index in [9.17, 15) is 9.59 Å². The van der Waals surface area contributed by atoms with Gasteiger partial charge < -0.3 is 9.47 Å². The van der Waals surface area contributed by atoms with E-state index >= 15 is 0 Å². The van der Waals surface area contributed by atoms with E-state index in [1.807, 2.05) is 74.5 Å². The highest BCUT2D eigenvalue weighted by Gasteiger charge is 2.12. The van der Waals surface area contributed by atoms with Crippen LogP contribution in [0.3, 0.4) is 0 Å². The first kappa shape index (κ1) is 26.5. The number of nitrogens with zero attached hydrogens (tertiary/aromatic N) is 3. The quantitative estimate of drug-likeness (QED) is 0.167. The molecule has 1 aromatic heterocycles. The van der Waals surface area contributed by atoms with Crippen LogP contribution in [-0.4, -0.2) is 41.4 Å². The van der Waals surface area contributed by atoms with Gasteiger partial charge in [0.1, 0.15) is 29.7 Å². The predicted molar refractivity (Wildman–Crippen MR) is 147 cm³/mol. The number of nitrogens with one attached hydrogen (secondary N) is 2. The summed E-state index contributed by atoms with van der Waals surface area (Å²) in [7, 11) is 0. The number of amides is 2. The lowest BCUT2D eigenvalue weighted by Crippen LogP contribution is -2.19. The SMILES string of the molecule is Cc1ccc(C(=O)Nc2nnc(CC(=O)N/N=C\c3cccc(OCCOc4cccc(C)c4)c3)s2)cc1.